The number of quaternary nitrogens is 1. The molecule has 0 saturated carbocycles. The Hall–Kier alpha value is -0.0800. The van der Waals surface area contributed by atoms with Crippen molar-refractivity contribution in [3.8, 4) is 0 Å². The predicted octanol–water partition coefficient (Wildman–Crippen LogP) is -2.02. The van der Waals surface area contributed by atoms with E-state index in [1.807, 2.05) is 0 Å². The molecule has 0 fully saturated rings. The quantitative estimate of drug-likeness (QED) is 0.385. The standard InChI is InChI=1S/C3H6O.ClH.H3N/c1-3(2)4;;/h1-2H3;1H;1H3. The van der Waals surface area contributed by atoms with Crippen molar-refractivity contribution in [2.24, 2.45) is 0 Å². The fraction of sp³-hybridized carbons (Fsp3) is 0.667. The third kappa shape index (κ3) is 5220. The van der Waals surface area contributed by atoms with E-state index < -0.39 is 0 Å². The zero-order valence-corrected chi connectivity index (χ0v) is 5.04. The molecule has 3 heteroatoms. The van der Waals surface area contributed by atoms with Gasteiger partial charge in [-0.3, -0.25) is 0 Å². The minimum Gasteiger partial charge on any atom is -1.00 e. The summed E-state index contributed by atoms with van der Waals surface area (Å²) in [6, 6.07) is 0. The van der Waals surface area contributed by atoms with E-state index in [0.29, 0.717) is 0 Å². The number of hydrogen-bond acceptors (Lipinski definition) is 1. The number of hydrogen-bond donors (Lipinski definition) is 1. The highest BCUT2D eigenvalue weighted by atomic mass is 35.5. The summed E-state index contributed by atoms with van der Waals surface area (Å²) in [7, 11) is 0. The first-order valence-electron chi connectivity index (χ1n) is 1.20. The van der Waals surface area contributed by atoms with Crippen LogP contribution in [-0.4, -0.2) is 5.78 Å². The molecule has 0 bridgehead atoms. The van der Waals surface area contributed by atoms with Crippen molar-refractivity contribution in [1.29, 1.82) is 0 Å². The second-order valence-electron chi connectivity index (χ2n) is 0.908. The van der Waals surface area contributed by atoms with Crippen LogP contribution in [0.15, 0.2) is 0 Å². The van der Waals surface area contributed by atoms with Crippen molar-refractivity contribution < 1.29 is 17.2 Å². The zero-order chi connectivity index (χ0) is 3.58. The minimum atomic E-state index is 0. The maximum absolute atomic E-state index is 9.44. The van der Waals surface area contributed by atoms with Gasteiger partial charge in [0.1, 0.15) is 5.78 Å². The van der Waals surface area contributed by atoms with Crippen LogP contribution in [0.25, 0.3) is 0 Å². The van der Waals surface area contributed by atoms with Crippen molar-refractivity contribution in [3.63, 3.8) is 0 Å². The molecular weight excluding hydrogens is 101 g/mol. The van der Waals surface area contributed by atoms with Gasteiger partial charge in [0.25, 0.3) is 0 Å². The Morgan fingerprint density at radius 2 is 1.33 bits per heavy atom. The number of carbonyl (C=O) groups is 1. The molecule has 0 aromatic rings. The van der Waals surface area contributed by atoms with Crippen LogP contribution in [0.2, 0.25) is 0 Å². The average molecular weight is 112 g/mol. The van der Waals surface area contributed by atoms with E-state index in [2.05, 4.69) is 0 Å². The Morgan fingerprint density at radius 3 is 1.33 bits per heavy atom. The van der Waals surface area contributed by atoms with Crippen molar-refractivity contribution in [2.75, 3.05) is 0 Å². The van der Waals surface area contributed by atoms with Gasteiger partial charge in [0.15, 0.2) is 0 Å². The Morgan fingerprint density at radius 1 is 1.33 bits per heavy atom. The summed E-state index contributed by atoms with van der Waals surface area (Å²) in [4.78, 5) is 9.44. The topological polar surface area (TPSA) is 53.6 Å². The van der Waals surface area contributed by atoms with E-state index in [1.54, 1.807) is 0 Å². The molecule has 2 nitrogen and oxygen atoms in total. The van der Waals surface area contributed by atoms with Crippen molar-refractivity contribution in [3.05, 3.63) is 0 Å². The Kier molecular flexibility index (Phi) is 24.8. The van der Waals surface area contributed by atoms with Gasteiger partial charge >= 0.3 is 0 Å². The fourth-order valence-corrected chi connectivity index (χ4v) is 0. The molecular formula is C3H10ClNO. The molecule has 0 aromatic heterocycles. The molecule has 0 spiro atoms. The van der Waals surface area contributed by atoms with E-state index in [1.165, 1.54) is 13.8 Å². The van der Waals surface area contributed by atoms with Gasteiger partial charge in [-0.15, -0.1) is 0 Å². The lowest BCUT2D eigenvalue weighted by Gasteiger charge is -1.56. The third-order valence-electron chi connectivity index (χ3n) is 0. The zero-order valence-electron chi connectivity index (χ0n) is 4.29. The molecule has 0 aliphatic carbocycles. The first-order valence-corrected chi connectivity index (χ1v) is 1.20. The molecule has 6 heavy (non-hydrogen) atoms. The van der Waals surface area contributed by atoms with Gasteiger partial charge in [-0.2, -0.15) is 0 Å². The number of carbonyl (C=O) groups excluding carboxylic acids is 1. The van der Waals surface area contributed by atoms with Crippen LogP contribution in [0, 0.1) is 0 Å². The Balaban J connectivity index is -0.0000000450. The number of rotatable bonds is 0. The van der Waals surface area contributed by atoms with Crippen LogP contribution in [-0.2, 0) is 4.79 Å². The maximum atomic E-state index is 9.44. The first-order chi connectivity index (χ1) is 1.73. The summed E-state index contributed by atoms with van der Waals surface area (Å²) in [5.74, 6) is 0.167. The fourth-order valence-electron chi connectivity index (χ4n) is 0. The lowest BCUT2D eigenvalue weighted by atomic mass is 10.6. The van der Waals surface area contributed by atoms with Crippen LogP contribution in [0.1, 0.15) is 13.8 Å². The van der Waals surface area contributed by atoms with Crippen LogP contribution >= 0.6 is 0 Å². The second-order valence-corrected chi connectivity index (χ2v) is 0.908. The molecule has 0 aliphatic rings. The average Bonchev–Trinajstić information content (AvgIpc) is 0.811. The van der Waals surface area contributed by atoms with Crippen molar-refractivity contribution >= 4 is 5.78 Å². The molecule has 0 aliphatic heterocycles. The summed E-state index contributed by atoms with van der Waals surface area (Å²) in [6.45, 7) is 3.06. The van der Waals surface area contributed by atoms with Gasteiger partial charge in [-0.25, -0.2) is 0 Å². The van der Waals surface area contributed by atoms with Gasteiger partial charge in [0.2, 0.25) is 0 Å². The molecule has 0 saturated heterocycles. The predicted molar refractivity (Wildman–Crippen MR) is 22.3 cm³/mol. The summed E-state index contributed by atoms with van der Waals surface area (Å²) >= 11 is 0. The molecule has 0 aromatic carbocycles. The molecule has 4 N–H and O–H groups in total. The summed E-state index contributed by atoms with van der Waals surface area (Å²) in [5, 5.41) is 0. The Labute approximate surface area is 43.9 Å². The van der Waals surface area contributed by atoms with Gasteiger partial charge in [-0.1, -0.05) is 0 Å². The summed E-state index contributed by atoms with van der Waals surface area (Å²) in [6.07, 6.45) is 0. The molecule has 40 valence electrons. The molecule has 0 atom stereocenters. The van der Waals surface area contributed by atoms with E-state index in [4.69, 9.17) is 0 Å². The van der Waals surface area contributed by atoms with Crippen molar-refractivity contribution in [1.82, 2.24) is 6.15 Å². The normalized spacial score (nSPS) is 4.33. The van der Waals surface area contributed by atoms with E-state index in [0.717, 1.165) is 0 Å². The lowest BCUT2D eigenvalue weighted by Crippen LogP contribution is -3.00. The summed E-state index contributed by atoms with van der Waals surface area (Å²) < 4.78 is 0. The largest absolute Gasteiger partial charge is 1.00 e. The highest BCUT2D eigenvalue weighted by Crippen LogP contribution is 1.50. The summed E-state index contributed by atoms with van der Waals surface area (Å²) in [5.41, 5.74) is 0. The van der Waals surface area contributed by atoms with Crippen LogP contribution in [0.4, 0.5) is 0 Å². The second kappa shape index (κ2) is 8.87. The highest BCUT2D eigenvalue weighted by Gasteiger charge is 1.62. The SMILES string of the molecule is CC(C)=O.[Cl-].[NH4+]. The number of halogens is 1. The van der Waals surface area contributed by atoms with E-state index in [9.17, 15) is 4.79 Å². The van der Waals surface area contributed by atoms with E-state index >= 15 is 0 Å². The molecule has 0 radical (unpaired) electrons. The monoisotopic (exact) mass is 111 g/mol. The molecule has 0 heterocycles. The third-order valence-corrected chi connectivity index (χ3v) is 0. The van der Waals surface area contributed by atoms with Crippen molar-refractivity contribution in [2.45, 2.75) is 13.8 Å². The van der Waals surface area contributed by atoms with Crippen LogP contribution in [0.5, 0.6) is 0 Å². The minimum absolute atomic E-state index is 0. The molecule has 0 amide bonds. The van der Waals surface area contributed by atoms with Gasteiger partial charge < -0.3 is 23.4 Å². The van der Waals surface area contributed by atoms with E-state index in [-0.39, 0.29) is 24.3 Å². The Bertz CT molecular complexity index is 33.8. The maximum Gasteiger partial charge on any atom is 0.126 e. The van der Waals surface area contributed by atoms with Gasteiger partial charge in [0.05, 0.1) is 0 Å². The molecule has 0 unspecified atom stereocenters. The molecule has 0 rings (SSSR count). The van der Waals surface area contributed by atoms with Gasteiger partial charge in [-0.05, 0) is 13.8 Å². The lowest BCUT2D eigenvalue weighted by molar-refractivity contribution is -0.115. The van der Waals surface area contributed by atoms with Gasteiger partial charge in [0, 0.05) is 0 Å². The van der Waals surface area contributed by atoms with Crippen LogP contribution < -0.4 is 18.6 Å². The highest BCUT2D eigenvalue weighted by molar-refractivity contribution is 5.72. The smallest absolute Gasteiger partial charge is 0.126 e. The first kappa shape index (κ1) is 16.8. The van der Waals surface area contributed by atoms with Crippen LogP contribution in [0.3, 0.4) is 0 Å². The number of ketones is 1. The number of Topliss-reactive ketones (excluding diaryl/α,β-unsaturated/α-hetero) is 1.